The van der Waals surface area contributed by atoms with E-state index < -0.39 is 0 Å². The van der Waals surface area contributed by atoms with Crippen molar-refractivity contribution in [3.8, 4) is 0 Å². The van der Waals surface area contributed by atoms with Gasteiger partial charge in [0.2, 0.25) is 5.91 Å². The van der Waals surface area contributed by atoms with E-state index in [4.69, 9.17) is 4.74 Å². The summed E-state index contributed by atoms with van der Waals surface area (Å²) in [6.45, 7) is 8.09. The lowest BCUT2D eigenvalue weighted by Gasteiger charge is -2.28. The quantitative estimate of drug-likeness (QED) is 0.577. The average Bonchev–Trinajstić information content (AvgIpc) is 2.89. The molecule has 1 unspecified atom stereocenters. The zero-order valence-corrected chi connectivity index (χ0v) is 14.9. The monoisotopic (exact) mass is 328 g/mol. The highest BCUT2D eigenvalue weighted by Crippen LogP contribution is 2.29. The van der Waals surface area contributed by atoms with Crippen LogP contribution in [-0.2, 0) is 9.53 Å². The predicted octanol–water partition coefficient (Wildman–Crippen LogP) is 2.97. The van der Waals surface area contributed by atoms with Crippen molar-refractivity contribution in [1.82, 2.24) is 9.80 Å². The lowest BCUT2D eigenvalue weighted by Crippen LogP contribution is -2.39. The Kier molecular flexibility index (Phi) is 8.63. The predicted molar refractivity (Wildman–Crippen MR) is 93.2 cm³/mol. The van der Waals surface area contributed by atoms with Crippen LogP contribution in [-0.4, -0.2) is 66.2 Å². The van der Waals surface area contributed by atoms with E-state index in [0.29, 0.717) is 17.0 Å². The van der Waals surface area contributed by atoms with E-state index in [9.17, 15) is 4.79 Å². The summed E-state index contributed by atoms with van der Waals surface area (Å²) < 4.78 is 5.38. The maximum Gasteiger partial charge on any atom is 0.233 e. The summed E-state index contributed by atoms with van der Waals surface area (Å²) >= 11 is 1.85. The molecule has 0 aromatic heterocycles. The Balaban J connectivity index is 1.62. The lowest BCUT2D eigenvalue weighted by atomic mass is 10.1. The van der Waals surface area contributed by atoms with Crippen molar-refractivity contribution in [1.29, 1.82) is 0 Å². The number of nitrogens with zero attached hydrogens (tertiary/aromatic N) is 2. The van der Waals surface area contributed by atoms with Gasteiger partial charge in [-0.05, 0) is 12.8 Å². The zero-order chi connectivity index (χ0) is 15.6. The van der Waals surface area contributed by atoms with Crippen LogP contribution in [0.4, 0.5) is 0 Å². The molecule has 4 nitrogen and oxygen atoms in total. The molecule has 1 amide bonds. The van der Waals surface area contributed by atoms with Gasteiger partial charge in [0, 0.05) is 26.2 Å². The number of carbonyl (C=O) groups is 1. The van der Waals surface area contributed by atoms with Crippen LogP contribution in [0.5, 0.6) is 0 Å². The second kappa shape index (κ2) is 10.5. The van der Waals surface area contributed by atoms with Crippen LogP contribution < -0.4 is 0 Å². The summed E-state index contributed by atoms with van der Waals surface area (Å²) in [7, 11) is 0. The highest BCUT2D eigenvalue weighted by molar-refractivity contribution is 8.00. The third kappa shape index (κ3) is 6.09. The molecule has 5 heteroatoms. The highest BCUT2D eigenvalue weighted by Gasteiger charge is 2.30. The molecule has 2 heterocycles. The molecule has 22 heavy (non-hydrogen) atoms. The van der Waals surface area contributed by atoms with Gasteiger partial charge in [-0.25, -0.2) is 0 Å². The summed E-state index contributed by atoms with van der Waals surface area (Å²) in [5, 5.41) is 0.443. The van der Waals surface area contributed by atoms with Crippen molar-refractivity contribution in [2.45, 2.75) is 57.2 Å². The van der Waals surface area contributed by atoms with Crippen molar-refractivity contribution in [2.24, 2.45) is 0 Å². The molecule has 0 aliphatic carbocycles. The summed E-state index contributed by atoms with van der Waals surface area (Å²) in [6, 6.07) is 0. The van der Waals surface area contributed by atoms with Crippen LogP contribution in [0.25, 0.3) is 0 Å². The van der Waals surface area contributed by atoms with Crippen LogP contribution in [0.15, 0.2) is 0 Å². The molecule has 0 aromatic rings. The Bertz CT molecular complexity index is 322. The van der Waals surface area contributed by atoms with Gasteiger partial charge < -0.3 is 9.64 Å². The summed E-state index contributed by atoms with van der Waals surface area (Å²) in [6.07, 6.45) is 8.85. The maximum atomic E-state index is 12.1. The molecule has 0 spiro atoms. The molecule has 1 atom stereocenters. The normalized spacial score (nSPS) is 23.4. The van der Waals surface area contributed by atoms with Gasteiger partial charge in [0.25, 0.3) is 0 Å². The van der Waals surface area contributed by atoms with Crippen molar-refractivity contribution >= 4 is 17.7 Å². The van der Waals surface area contributed by atoms with Crippen molar-refractivity contribution in [2.75, 3.05) is 45.1 Å². The number of amides is 1. The Hall–Kier alpha value is -0.260. The van der Waals surface area contributed by atoms with E-state index >= 15 is 0 Å². The molecular weight excluding hydrogens is 296 g/mol. The van der Waals surface area contributed by atoms with Crippen LogP contribution >= 0.6 is 11.8 Å². The minimum absolute atomic E-state index is 0.352. The van der Waals surface area contributed by atoms with Gasteiger partial charge >= 0.3 is 0 Å². The number of hydrogen-bond donors (Lipinski definition) is 0. The van der Waals surface area contributed by atoms with Gasteiger partial charge in [-0.15, -0.1) is 11.8 Å². The molecule has 2 fully saturated rings. The molecule has 2 rings (SSSR count). The van der Waals surface area contributed by atoms with Gasteiger partial charge in [-0.2, -0.15) is 0 Å². The van der Waals surface area contributed by atoms with Crippen molar-refractivity contribution in [3.63, 3.8) is 0 Å². The second-order valence-electron chi connectivity index (χ2n) is 6.36. The van der Waals surface area contributed by atoms with E-state index in [2.05, 4.69) is 16.7 Å². The first kappa shape index (κ1) is 18.1. The SMILES string of the molecule is CCCCCCCC1SCC(=O)N1CCCN1CCOCC1. The van der Waals surface area contributed by atoms with Crippen LogP contribution in [0.3, 0.4) is 0 Å². The van der Waals surface area contributed by atoms with E-state index in [-0.39, 0.29) is 0 Å². The summed E-state index contributed by atoms with van der Waals surface area (Å²) in [4.78, 5) is 16.7. The number of morpholine rings is 1. The molecule has 2 aliphatic rings. The van der Waals surface area contributed by atoms with Gasteiger partial charge in [0.15, 0.2) is 0 Å². The number of ether oxygens (including phenoxy) is 1. The third-order valence-corrected chi connectivity index (χ3v) is 5.89. The molecule has 0 aromatic carbocycles. The van der Waals surface area contributed by atoms with E-state index in [1.807, 2.05) is 11.8 Å². The zero-order valence-electron chi connectivity index (χ0n) is 14.1. The summed E-state index contributed by atoms with van der Waals surface area (Å²) in [5.74, 6) is 1.04. The first-order valence-corrected chi connectivity index (χ1v) is 10.1. The molecule has 0 saturated carbocycles. The van der Waals surface area contributed by atoms with Gasteiger partial charge in [-0.3, -0.25) is 9.69 Å². The molecule has 2 saturated heterocycles. The molecule has 2 aliphatic heterocycles. The fourth-order valence-corrected chi connectivity index (χ4v) is 4.46. The Morgan fingerprint density at radius 2 is 1.86 bits per heavy atom. The van der Waals surface area contributed by atoms with Crippen LogP contribution in [0.2, 0.25) is 0 Å². The number of rotatable bonds is 10. The molecule has 0 radical (unpaired) electrons. The van der Waals surface area contributed by atoms with E-state index in [0.717, 1.165) is 45.8 Å². The van der Waals surface area contributed by atoms with Crippen LogP contribution in [0.1, 0.15) is 51.9 Å². The standard InChI is InChI=1S/C17H32N2O2S/c1-2-3-4-5-6-8-17-19(16(20)15-22-17)10-7-9-18-11-13-21-14-12-18/h17H,2-15H2,1H3. The number of thioether (sulfide) groups is 1. The molecule has 128 valence electrons. The Labute approximate surface area is 139 Å². The van der Waals surface area contributed by atoms with Crippen LogP contribution in [0, 0.1) is 0 Å². The van der Waals surface area contributed by atoms with E-state index in [1.165, 1.54) is 38.5 Å². The fraction of sp³-hybridized carbons (Fsp3) is 0.941. The molecule has 0 bridgehead atoms. The number of carbonyl (C=O) groups excluding carboxylic acids is 1. The topological polar surface area (TPSA) is 32.8 Å². The fourth-order valence-electron chi connectivity index (χ4n) is 3.22. The molecule has 0 N–H and O–H groups in total. The lowest BCUT2D eigenvalue weighted by molar-refractivity contribution is -0.128. The average molecular weight is 329 g/mol. The van der Waals surface area contributed by atoms with Crippen molar-refractivity contribution < 1.29 is 9.53 Å². The van der Waals surface area contributed by atoms with Gasteiger partial charge in [0.1, 0.15) is 0 Å². The van der Waals surface area contributed by atoms with E-state index in [1.54, 1.807) is 0 Å². The minimum atomic E-state index is 0.352. The Morgan fingerprint density at radius 3 is 2.64 bits per heavy atom. The van der Waals surface area contributed by atoms with Crippen molar-refractivity contribution in [3.05, 3.63) is 0 Å². The smallest absolute Gasteiger partial charge is 0.233 e. The highest BCUT2D eigenvalue weighted by atomic mass is 32.2. The summed E-state index contributed by atoms with van der Waals surface area (Å²) in [5.41, 5.74) is 0. The van der Waals surface area contributed by atoms with Gasteiger partial charge in [0.05, 0.1) is 24.3 Å². The minimum Gasteiger partial charge on any atom is -0.379 e. The maximum absolute atomic E-state index is 12.1. The molecular formula is C17H32N2O2S. The second-order valence-corrected chi connectivity index (χ2v) is 7.53. The first-order chi connectivity index (χ1) is 10.8. The largest absolute Gasteiger partial charge is 0.379 e. The third-order valence-electron chi connectivity index (χ3n) is 4.60. The number of hydrogen-bond acceptors (Lipinski definition) is 4. The Morgan fingerprint density at radius 1 is 1.09 bits per heavy atom. The number of unbranched alkanes of at least 4 members (excludes halogenated alkanes) is 4. The van der Waals surface area contributed by atoms with Gasteiger partial charge in [-0.1, -0.05) is 39.0 Å². The first-order valence-electron chi connectivity index (χ1n) is 9.02.